The summed E-state index contributed by atoms with van der Waals surface area (Å²) in [7, 11) is 0. The Morgan fingerprint density at radius 1 is 1.16 bits per heavy atom. The maximum Gasteiger partial charge on any atom is 0.0485 e. The molecule has 1 aliphatic heterocycles. The molecule has 1 heterocycles. The van der Waals surface area contributed by atoms with Crippen molar-refractivity contribution in [1.82, 2.24) is 0 Å². The second-order valence-corrected chi connectivity index (χ2v) is 5.91. The van der Waals surface area contributed by atoms with Crippen molar-refractivity contribution in [2.45, 2.75) is 18.7 Å². The van der Waals surface area contributed by atoms with Crippen molar-refractivity contribution in [1.29, 1.82) is 0 Å². The molecule has 3 heteroatoms. The highest BCUT2D eigenvalue weighted by molar-refractivity contribution is 9.10. The summed E-state index contributed by atoms with van der Waals surface area (Å²) < 4.78 is 1.09. The monoisotopic (exact) mass is 335 g/mol. The Labute approximate surface area is 127 Å². The molecule has 3 rings (SSSR count). The number of aryl methyl sites for hydroxylation is 1. The predicted molar refractivity (Wildman–Crippen MR) is 85.5 cm³/mol. The van der Waals surface area contributed by atoms with Gasteiger partial charge in [-0.2, -0.15) is 0 Å². The summed E-state index contributed by atoms with van der Waals surface area (Å²) in [4.78, 5) is 2.39. The number of anilines is 2. The molecular weight excluding hydrogens is 322 g/mol. The first kappa shape index (κ1) is 13.0. The molecule has 2 aromatic carbocycles. The van der Waals surface area contributed by atoms with Crippen molar-refractivity contribution < 1.29 is 0 Å². The van der Waals surface area contributed by atoms with E-state index in [0.29, 0.717) is 5.88 Å². The van der Waals surface area contributed by atoms with E-state index in [2.05, 4.69) is 63.3 Å². The van der Waals surface area contributed by atoms with Gasteiger partial charge in [0.1, 0.15) is 0 Å². The number of rotatable bonds is 2. The van der Waals surface area contributed by atoms with E-state index in [1.165, 1.54) is 29.8 Å². The zero-order valence-corrected chi connectivity index (χ0v) is 12.9. The third kappa shape index (κ3) is 2.52. The fraction of sp³-hybridized carbons (Fsp3) is 0.250. The van der Waals surface area contributed by atoms with Crippen molar-refractivity contribution in [3.8, 4) is 0 Å². The Kier molecular flexibility index (Phi) is 3.81. The van der Waals surface area contributed by atoms with Crippen LogP contribution in [0.2, 0.25) is 0 Å². The van der Waals surface area contributed by atoms with Crippen LogP contribution in [0.5, 0.6) is 0 Å². The molecule has 0 spiro atoms. The minimum absolute atomic E-state index is 0.539. The van der Waals surface area contributed by atoms with Crippen LogP contribution in [0.25, 0.3) is 0 Å². The van der Waals surface area contributed by atoms with E-state index in [4.69, 9.17) is 11.6 Å². The fourth-order valence-corrected chi connectivity index (χ4v) is 3.52. The number of alkyl halides is 1. The van der Waals surface area contributed by atoms with Gasteiger partial charge in [-0.15, -0.1) is 11.6 Å². The highest BCUT2D eigenvalue weighted by atomic mass is 79.9. The molecule has 19 heavy (non-hydrogen) atoms. The highest BCUT2D eigenvalue weighted by Crippen LogP contribution is 2.35. The zero-order chi connectivity index (χ0) is 13.2. The fourth-order valence-electron chi connectivity index (χ4n) is 2.61. The van der Waals surface area contributed by atoms with Gasteiger partial charge in [-0.1, -0.05) is 40.2 Å². The molecule has 0 aliphatic carbocycles. The quantitative estimate of drug-likeness (QED) is 0.675. The van der Waals surface area contributed by atoms with Gasteiger partial charge in [-0.25, -0.2) is 0 Å². The van der Waals surface area contributed by atoms with E-state index in [9.17, 15) is 0 Å². The zero-order valence-electron chi connectivity index (χ0n) is 10.6. The van der Waals surface area contributed by atoms with Crippen molar-refractivity contribution in [2.24, 2.45) is 0 Å². The topological polar surface area (TPSA) is 3.24 Å². The van der Waals surface area contributed by atoms with Crippen molar-refractivity contribution in [2.75, 3.05) is 11.4 Å². The van der Waals surface area contributed by atoms with Crippen LogP contribution in [0.3, 0.4) is 0 Å². The van der Waals surface area contributed by atoms with Gasteiger partial charge < -0.3 is 4.90 Å². The van der Waals surface area contributed by atoms with Crippen LogP contribution < -0.4 is 4.90 Å². The summed E-state index contributed by atoms with van der Waals surface area (Å²) in [6, 6.07) is 15.1. The van der Waals surface area contributed by atoms with E-state index in [-0.39, 0.29) is 0 Å². The number of halogens is 2. The van der Waals surface area contributed by atoms with Gasteiger partial charge in [-0.05, 0) is 42.2 Å². The van der Waals surface area contributed by atoms with E-state index < -0.39 is 0 Å². The van der Waals surface area contributed by atoms with Crippen LogP contribution in [0.4, 0.5) is 11.4 Å². The van der Waals surface area contributed by atoms with Gasteiger partial charge in [-0.3, -0.25) is 0 Å². The molecule has 0 fully saturated rings. The molecule has 0 aromatic heterocycles. The number of nitrogens with zero attached hydrogens (tertiary/aromatic N) is 1. The third-order valence-corrected chi connectivity index (χ3v) is 4.63. The average Bonchev–Trinajstić information content (AvgIpc) is 2.46. The summed E-state index contributed by atoms with van der Waals surface area (Å²) in [5.41, 5.74) is 5.13. The molecule has 0 N–H and O–H groups in total. The first-order chi connectivity index (χ1) is 9.29. The second kappa shape index (κ2) is 5.56. The van der Waals surface area contributed by atoms with E-state index in [1.54, 1.807) is 0 Å². The number of fused-ring (bicyclic) bond motifs is 1. The molecule has 2 aromatic rings. The first-order valence-electron chi connectivity index (χ1n) is 6.49. The smallest absolute Gasteiger partial charge is 0.0485 e. The number of hydrogen-bond acceptors (Lipinski definition) is 1. The number of hydrogen-bond donors (Lipinski definition) is 0. The molecule has 0 saturated carbocycles. The van der Waals surface area contributed by atoms with Crippen LogP contribution in [-0.2, 0) is 12.3 Å². The average molecular weight is 337 g/mol. The lowest BCUT2D eigenvalue weighted by Crippen LogP contribution is -2.24. The summed E-state index contributed by atoms with van der Waals surface area (Å²) in [6.07, 6.45) is 2.37. The lowest BCUT2D eigenvalue weighted by molar-refractivity contribution is 0.766. The lowest BCUT2D eigenvalue weighted by Gasteiger charge is -2.31. The maximum absolute atomic E-state index is 5.91. The van der Waals surface area contributed by atoms with Crippen molar-refractivity contribution in [3.63, 3.8) is 0 Å². The van der Waals surface area contributed by atoms with Gasteiger partial charge in [0.2, 0.25) is 0 Å². The van der Waals surface area contributed by atoms with Crippen molar-refractivity contribution >= 4 is 38.9 Å². The van der Waals surface area contributed by atoms with Crippen LogP contribution in [-0.4, -0.2) is 6.54 Å². The molecule has 1 aliphatic rings. The Balaban J connectivity index is 2.02. The molecule has 0 radical (unpaired) electrons. The third-order valence-electron chi connectivity index (χ3n) is 3.60. The van der Waals surface area contributed by atoms with Gasteiger partial charge >= 0.3 is 0 Å². The minimum atomic E-state index is 0.539. The number of benzene rings is 2. The molecule has 1 nitrogen and oxygen atoms in total. The minimum Gasteiger partial charge on any atom is -0.341 e. The molecule has 98 valence electrons. The number of para-hydroxylation sites is 1. The van der Waals surface area contributed by atoms with E-state index in [0.717, 1.165) is 16.6 Å². The molecule has 0 unspecified atom stereocenters. The molecule has 0 saturated heterocycles. The van der Waals surface area contributed by atoms with Crippen LogP contribution in [0.15, 0.2) is 46.9 Å². The molecule has 0 atom stereocenters. The SMILES string of the molecule is ClCc1ccc(N2CCCc3ccccc32)cc1Br. The lowest BCUT2D eigenvalue weighted by atomic mass is 10.0. The normalized spacial score (nSPS) is 14.3. The second-order valence-electron chi connectivity index (χ2n) is 4.79. The Bertz CT molecular complexity index is 597. The highest BCUT2D eigenvalue weighted by Gasteiger charge is 2.18. The Hall–Kier alpha value is -0.990. The molecular formula is C16H15BrClN. The summed E-state index contributed by atoms with van der Waals surface area (Å²) >= 11 is 9.51. The van der Waals surface area contributed by atoms with Gasteiger partial charge in [0.25, 0.3) is 0 Å². The Morgan fingerprint density at radius 2 is 2.00 bits per heavy atom. The van der Waals surface area contributed by atoms with Gasteiger partial charge in [0, 0.05) is 28.3 Å². The Morgan fingerprint density at radius 3 is 2.79 bits per heavy atom. The van der Waals surface area contributed by atoms with Crippen LogP contribution in [0, 0.1) is 0 Å². The standard InChI is InChI=1S/C16H15BrClN/c17-15-10-14(8-7-13(15)11-18)19-9-3-5-12-4-1-2-6-16(12)19/h1-2,4,6-8,10H,3,5,9,11H2. The first-order valence-corrected chi connectivity index (χ1v) is 7.82. The van der Waals surface area contributed by atoms with E-state index in [1.807, 2.05) is 0 Å². The maximum atomic E-state index is 5.91. The van der Waals surface area contributed by atoms with Gasteiger partial charge in [0.05, 0.1) is 0 Å². The summed E-state index contributed by atoms with van der Waals surface area (Å²) in [6.45, 7) is 1.07. The van der Waals surface area contributed by atoms with Crippen molar-refractivity contribution in [3.05, 3.63) is 58.1 Å². The largest absolute Gasteiger partial charge is 0.341 e. The molecule has 0 bridgehead atoms. The predicted octanol–water partition coefficient (Wildman–Crippen LogP) is 5.27. The van der Waals surface area contributed by atoms with Gasteiger partial charge in [0.15, 0.2) is 0 Å². The summed E-state index contributed by atoms with van der Waals surface area (Å²) in [5.74, 6) is 0.539. The van der Waals surface area contributed by atoms with Crippen LogP contribution >= 0.6 is 27.5 Å². The van der Waals surface area contributed by atoms with E-state index >= 15 is 0 Å². The summed E-state index contributed by atoms with van der Waals surface area (Å²) in [5, 5.41) is 0. The van der Waals surface area contributed by atoms with Crippen LogP contribution in [0.1, 0.15) is 17.5 Å². The molecule has 0 amide bonds.